The Bertz CT molecular complexity index is 469. The highest BCUT2D eigenvalue weighted by Gasteiger charge is 2.09. The van der Waals surface area contributed by atoms with Crippen LogP contribution in [0.5, 0.6) is 0 Å². The Morgan fingerprint density at radius 3 is 2.47 bits per heavy atom. The Labute approximate surface area is 115 Å². The molecular weight excluding hydrogens is 264 g/mol. The van der Waals surface area contributed by atoms with Crippen LogP contribution in [0.2, 0.25) is 0 Å². The van der Waals surface area contributed by atoms with E-state index in [1.807, 2.05) is 26.0 Å². The molecule has 0 spiro atoms. The molecule has 0 bridgehead atoms. The van der Waals surface area contributed by atoms with Crippen molar-refractivity contribution in [3.63, 3.8) is 0 Å². The van der Waals surface area contributed by atoms with Crippen LogP contribution < -0.4 is 10.5 Å². The molecule has 1 rings (SSSR count). The summed E-state index contributed by atoms with van der Waals surface area (Å²) in [4.78, 5) is 0. The van der Waals surface area contributed by atoms with E-state index in [2.05, 4.69) is 4.72 Å². The summed E-state index contributed by atoms with van der Waals surface area (Å²) in [6.07, 6.45) is 0.690. The zero-order valence-electron chi connectivity index (χ0n) is 11.4. The minimum absolute atomic E-state index is 0.00703. The van der Waals surface area contributed by atoms with Crippen molar-refractivity contribution in [1.82, 2.24) is 4.72 Å². The Kier molecular flexibility index (Phi) is 6.27. The molecule has 0 amide bonds. The predicted octanol–water partition coefficient (Wildman–Crippen LogP) is 1.16. The van der Waals surface area contributed by atoms with E-state index in [0.717, 1.165) is 5.56 Å². The molecule has 0 aliphatic heterocycles. The molecule has 6 heteroatoms. The highest BCUT2D eigenvalue weighted by Crippen LogP contribution is 2.05. The average Bonchev–Trinajstić information content (AvgIpc) is 2.30. The van der Waals surface area contributed by atoms with Crippen LogP contribution in [0, 0.1) is 0 Å². The van der Waals surface area contributed by atoms with Crippen molar-refractivity contribution in [3.05, 3.63) is 29.8 Å². The fraction of sp³-hybridized carbons (Fsp3) is 0.538. The molecule has 0 saturated carbocycles. The van der Waals surface area contributed by atoms with E-state index in [0.29, 0.717) is 18.7 Å². The van der Waals surface area contributed by atoms with E-state index in [-0.39, 0.29) is 18.5 Å². The summed E-state index contributed by atoms with van der Waals surface area (Å²) in [6, 6.07) is 7.40. The van der Waals surface area contributed by atoms with E-state index in [1.165, 1.54) is 0 Å². The number of nitrogen functional groups attached to an aromatic ring is 1. The average molecular weight is 286 g/mol. The van der Waals surface area contributed by atoms with Gasteiger partial charge in [0, 0.05) is 12.2 Å². The third kappa shape index (κ3) is 7.15. The quantitative estimate of drug-likeness (QED) is 0.703. The molecule has 19 heavy (non-hydrogen) atoms. The second kappa shape index (κ2) is 7.47. The van der Waals surface area contributed by atoms with Crippen LogP contribution in [0.25, 0.3) is 0 Å². The molecule has 0 saturated heterocycles. The first-order valence-electron chi connectivity index (χ1n) is 6.32. The summed E-state index contributed by atoms with van der Waals surface area (Å²) in [5, 5.41) is 0. The molecule has 0 aliphatic carbocycles. The molecule has 0 aromatic heterocycles. The van der Waals surface area contributed by atoms with Crippen LogP contribution in [-0.2, 0) is 21.2 Å². The van der Waals surface area contributed by atoms with Crippen molar-refractivity contribution in [3.8, 4) is 0 Å². The van der Waals surface area contributed by atoms with Gasteiger partial charge in [-0.3, -0.25) is 0 Å². The summed E-state index contributed by atoms with van der Waals surface area (Å²) in [6.45, 7) is 4.35. The number of anilines is 1. The first kappa shape index (κ1) is 15.9. The van der Waals surface area contributed by atoms with Gasteiger partial charge in [-0.25, -0.2) is 13.1 Å². The van der Waals surface area contributed by atoms with Crippen molar-refractivity contribution in [2.75, 3.05) is 24.6 Å². The topological polar surface area (TPSA) is 81.4 Å². The second-order valence-electron chi connectivity index (χ2n) is 4.62. The maximum absolute atomic E-state index is 11.6. The van der Waals surface area contributed by atoms with Gasteiger partial charge >= 0.3 is 0 Å². The minimum Gasteiger partial charge on any atom is -0.399 e. The van der Waals surface area contributed by atoms with Crippen LogP contribution in [0.1, 0.15) is 19.4 Å². The van der Waals surface area contributed by atoms with Gasteiger partial charge in [-0.2, -0.15) is 0 Å². The molecular formula is C13H22N2O3S. The van der Waals surface area contributed by atoms with Crippen LogP contribution in [0.4, 0.5) is 5.69 Å². The summed E-state index contributed by atoms with van der Waals surface area (Å²) in [5.74, 6) is -0.00703. The highest BCUT2D eigenvalue weighted by molar-refractivity contribution is 7.89. The smallest absolute Gasteiger partial charge is 0.213 e. The lowest BCUT2D eigenvalue weighted by Crippen LogP contribution is -2.30. The summed E-state index contributed by atoms with van der Waals surface area (Å²) in [7, 11) is -3.26. The number of ether oxygens (including phenoxy) is 1. The zero-order valence-corrected chi connectivity index (χ0v) is 12.2. The number of nitrogens with two attached hydrogens (primary N) is 1. The van der Waals surface area contributed by atoms with Gasteiger partial charge in [0.15, 0.2) is 0 Å². The minimum atomic E-state index is -3.26. The fourth-order valence-electron chi connectivity index (χ4n) is 1.50. The number of sulfonamides is 1. The van der Waals surface area contributed by atoms with Crippen LogP contribution in [0.3, 0.4) is 0 Å². The number of hydrogen-bond donors (Lipinski definition) is 2. The first-order chi connectivity index (χ1) is 8.89. The molecule has 1 aromatic rings. The van der Waals surface area contributed by atoms with Gasteiger partial charge in [0.2, 0.25) is 10.0 Å². The van der Waals surface area contributed by atoms with Crippen molar-refractivity contribution < 1.29 is 13.2 Å². The van der Waals surface area contributed by atoms with Gasteiger partial charge in [-0.1, -0.05) is 12.1 Å². The van der Waals surface area contributed by atoms with Gasteiger partial charge in [-0.15, -0.1) is 0 Å². The Hall–Kier alpha value is -1.11. The van der Waals surface area contributed by atoms with Crippen LogP contribution in [-0.4, -0.2) is 33.4 Å². The normalized spacial score (nSPS) is 11.9. The molecule has 0 unspecified atom stereocenters. The van der Waals surface area contributed by atoms with Crippen molar-refractivity contribution in [2.45, 2.75) is 26.4 Å². The molecule has 108 valence electrons. The van der Waals surface area contributed by atoms with Gasteiger partial charge in [0.25, 0.3) is 0 Å². The van der Waals surface area contributed by atoms with E-state index in [9.17, 15) is 8.42 Å². The summed E-state index contributed by atoms with van der Waals surface area (Å²) >= 11 is 0. The van der Waals surface area contributed by atoms with Gasteiger partial charge in [0.05, 0.1) is 18.5 Å². The van der Waals surface area contributed by atoms with Crippen molar-refractivity contribution >= 4 is 15.7 Å². The number of hydrogen-bond acceptors (Lipinski definition) is 4. The predicted molar refractivity (Wildman–Crippen MR) is 77.4 cm³/mol. The molecule has 0 atom stereocenters. The molecule has 5 nitrogen and oxygen atoms in total. The van der Waals surface area contributed by atoms with Gasteiger partial charge < -0.3 is 10.5 Å². The van der Waals surface area contributed by atoms with E-state index >= 15 is 0 Å². The monoisotopic (exact) mass is 286 g/mol. The fourth-order valence-corrected chi connectivity index (χ4v) is 2.37. The molecule has 0 fully saturated rings. The largest absolute Gasteiger partial charge is 0.399 e. The Balaban J connectivity index is 2.29. The Morgan fingerprint density at radius 1 is 1.26 bits per heavy atom. The zero-order chi connectivity index (χ0) is 14.3. The second-order valence-corrected chi connectivity index (χ2v) is 6.55. The summed E-state index contributed by atoms with van der Waals surface area (Å²) in [5.41, 5.74) is 7.33. The highest BCUT2D eigenvalue weighted by atomic mass is 32.2. The lowest BCUT2D eigenvalue weighted by molar-refractivity contribution is 0.0911. The van der Waals surface area contributed by atoms with Crippen LogP contribution >= 0.6 is 0 Å². The number of rotatable bonds is 8. The van der Waals surface area contributed by atoms with Gasteiger partial charge in [-0.05, 0) is 38.0 Å². The molecule has 1 aromatic carbocycles. The van der Waals surface area contributed by atoms with E-state index in [4.69, 9.17) is 10.5 Å². The van der Waals surface area contributed by atoms with E-state index in [1.54, 1.807) is 12.1 Å². The molecule has 3 N–H and O–H groups in total. The Morgan fingerprint density at radius 2 is 1.89 bits per heavy atom. The SMILES string of the molecule is CC(C)OCCS(=O)(=O)NCCc1ccc(N)cc1. The van der Waals surface area contributed by atoms with Crippen molar-refractivity contribution in [2.24, 2.45) is 0 Å². The van der Waals surface area contributed by atoms with Crippen LogP contribution in [0.15, 0.2) is 24.3 Å². The number of nitrogens with one attached hydrogen (secondary N) is 1. The third-order valence-electron chi connectivity index (χ3n) is 2.52. The molecule has 0 heterocycles. The first-order valence-corrected chi connectivity index (χ1v) is 7.97. The molecule has 0 aliphatic rings. The lowest BCUT2D eigenvalue weighted by Gasteiger charge is -2.09. The third-order valence-corrected chi connectivity index (χ3v) is 3.87. The molecule has 0 radical (unpaired) electrons. The maximum atomic E-state index is 11.6. The van der Waals surface area contributed by atoms with E-state index < -0.39 is 10.0 Å². The maximum Gasteiger partial charge on any atom is 0.213 e. The lowest BCUT2D eigenvalue weighted by atomic mass is 10.1. The standard InChI is InChI=1S/C13H22N2O3S/c1-11(2)18-9-10-19(16,17)15-8-7-12-3-5-13(14)6-4-12/h3-6,11,15H,7-10,14H2,1-2H3. The summed E-state index contributed by atoms with van der Waals surface area (Å²) < 4.78 is 31.1. The van der Waals surface area contributed by atoms with Crippen molar-refractivity contribution in [1.29, 1.82) is 0 Å². The van der Waals surface area contributed by atoms with Gasteiger partial charge in [0.1, 0.15) is 0 Å². The number of benzene rings is 1.